The highest BCUT2D eigenvalue weighted by Gasteiger charge is 2.34. The van der Waals surface area contributed by atoms with Crippen LogP contribution < -0.4 is 0 Å². The Balaban J connectivity index is 1.73. The van der Waals surface area contributed by atoms with Crippen LogP contribution in [0.1, 0.15) is 35.8 Å². The molecule has 2 aromatic rings. The summed E-state index contributed by atoms with van der Waals surface area (Å²) in [4.78, 5) is 0. The highest BCUT2D eigenvalue weighted by atomic mass is 32.2. The van der Waals surface area contributed by atoms with E-state index in [2.05, 4.69) is 61.5 Å². The minimum atomic E-state index is -0.590. The molecule has 0 bridgehead atoms. The van der Waals surface area contributed by atoms with E-state index in [4.69, 9.17) is 9.47 Å². The molecular formula is C19H22O2S. The third-order valence-electron chi connectivity index (χ3n) is 4.10. The highest BCUT2D eigenvalue weighted by molar-refractivity contribution is 7.98. The van der Waals surface area contributed by atoms with E-state index in [1.165, 1.54) is 11.1 Å². The van der Waals surface area contributed by atoms with E-state index in [1.807, 2.05) is 18.7 Å². The monoisotopic (exact) mass is 314 g/mol. The zero-order chi connectivity index (χ0) is 15.4. The molecule has 1 unspecified atom stereocenters. The van der Waals surface area contributed by atoms with Crippen molar-refractivity contribution < 1.29 is 9.47 Å². The van der Waals surface area contributed by atoms with Crippen molar-refractivity contribution in [2.24, 2.45) is 0 Å². The molecule has 0 saturated carbocycles. The lowest BCUT2D eigenvalue weighted by atomic mass is 10.0. The van der Waals surface area contributed by atoms with E-state index >= 15 is 0 Å². The summed E-state index contributed by atoms with van der Waals surface area (Å²) in [5.74, 6) is 0.363. The first-order valence-corrected chi connectivity index (χ1v) is 8.77. The van der Waals surface area contributed by atoms with Crippen molar-refractivity contribution in [1.82, 2.24) is 0 Å². The highest BCUT2D eigenvalue weighted by Crippen LogP contribution is 2.37. The Morgan fingerprint density at radius 1 is 1.00 bits per heavy atom. The molecule has 1 aliphatic heterocycles. The van der Waals surface area contributed by atoms with Crippen molar-refractivity contribution in [3.8, 4) is 0 Å². The van der Waals surface area contributed by atoms with Gasteiger partial charge in [0.05, 0.1) is 13.2 Å². The molecule has 2 nitrogen and oxygen atoms in total. The third-order valence-corrected chi connectivity index (χ3v) is 5.35. The molecule has 0 aliphatic carbocycles. The van der Waals surface area contributed by atoms with Crippen molar-refractivity contribution in [1.29, 1.82) is 0 Å². The van der Waals surface area contributed by atoms with Crippen LogP contribution in [0.2, 0.25) is 0 Å². The molecule has 0 radical (unpaired) electrons. The smallest absolute Gasteiger partial charge is 0.192 e. The first kappa shape index (κ1) is 15.6. The molecule has 3 rings (SSSR count). The summed E-state index contributed by atoms with van der Waals surface area (Å²) in [6.45, 7) is 5.60. The second-order valence-corrected chi connectivity index (χ2v) is 6.99. The normalized spacial score (nSPS) is 18.3. The van der Waals surface area contributed by atoms with E-state index in [0.717, 1.165) is 11.3 Å². The third kappa shape index (κ3) is 3.37. The summed E-state index contributed by atoms with van der Waals surface area (Å²) >= 11 is 1.94. The molecule has 1 atom stereocenters. The topological polar surface area (TPSA) is 18.5 Å². The van der Waals surface area contributed by atoms with Gasteiger partial charge in [0.2, 0.25) is 0 Å². The standard InChI is InChI=1S/C19H22O2S/c1-15(16-8-4-3-5-9-16)22-14-17-10-6-7-11-18(17)19(2)20-12-13-21-19/h3-11,15H,12-14H2,1-2H3. The number of hydrogen-bond acceptors (Lipinski definition) is 3. The maximum Gasteiger partial charge on any atom is 0.192 e. The predicted molar refractivity (Wildman–Crippen MR) is 91.9 cm³/mol. The van der Waals surface area contributed by atoms with Crippen LogP contribution in [0.15, 0.2) is 54.6 Å². The molecule has 0 spiro atoms. The number of rotatable bonds is 5. The minimum Gasteiger partial charge on any atom is -0.344 e. The summed E-state index contributed by atoms with van der Waals surface area (Å²) in [7, 11) is 0. The summed E-state index contributed by atoms with van der Waals surface area (Å²) in [5.41, 5.74) is 3.81. The fourth-order valence-electron chi connectivity index (χ4n) is 2.79. The van der Waals surface area contributed by atoms with E-state index in [9.17, 15) is 0 Å². The number of ether oxygens (including phenoxy) is 2. The lowest BCUT2D eigenvalue weighted by Gasteiger charge is -2.25. The molecule has 2 aromatic carbocycles. The van der Waals surface area contributed by atoms with Gasteiger partial charge in [0.25, 0.3) is 0 Å². The Bertz CT molecular complexity index is 606. The molecular weight excluding hydrogens is 292 g/mol. The fraction of sp³-hybridized carbons (Fsp3) is 0.368. The summed E-state index contributed by atoms with van der Waals surface area (Å²) in [5, 5.41) is 0.465. The minimum absolute atomic E-state index is 0.465. The average molecular weight is 314 g/mol. The zero-order valence-corrected chi connectivity index (χ0v) is 13.9. The quantitative estimate of drug-likeness (QED) is 0.782. The molecule has 1 fully saturated rings. The zero-order valence-electron chi connectivity index (χ0n) is 13.1. The molecule has 3 heteroatoms. The number of thioether (sulfide) groups is 1. The van der Waals surface area contributed by atoms with Crippen LogP contribution in [0.5, 0.6) is 0 Å². The average Bonchev–Trinajstić information content (AvgIpc) is 3.01. The van der Waals surface area contributed by atoms with Gasteiger partial charge in [0, 0.05) is 16.6 Å². The van der Waals surface area contributed by atoms with Crippen LogP contribution in [0, 0.1) is 0 Å². The molecule has 1 saturated heterocycles. The lowest BCUT2D eigenvalue weighted by Crippen LogP contribution is -2.24. The van der Waals surface area contributed by atoms with Crippen LogP contribution in [0.3, 0.4) is 0 Å². The van der Waals surface area contributed by atoms with Gasteiger partial charge < -0.3 is 9.47 Å². The maximum atomic E-state index is 5.83. The maximum absolute atomic E-state index is 5.83. The van der Waals surface area contributed by atoms with Crippen LogP contribution in [-0.4, -0.2) is 13.2 Å². The number of hydrogen-bond donors (Lipinski definition) is 0. The van der Waals surface area contributed by atoms with Gasteiger partial charge >= 0.3 is 0 Å². The van der Waals surface area contributed by atoms with Crippen molar-refractivity contribution in [3.05, 3.63) is 71.3 Å². The Kier molecular flexibility index (Phi) is 4.87. The second kappa shape index (κ2) is 6.86. The van der Waals surface area contributed by atoms with Crippen LogP contribution in [0.4, 0.5) is 0 Å². The van der Waals surface area contributed by atoms with Gasteiger partial charge in [-0.25, -0.2) is 0 Å². The van der Waals surface area contributed by atoms with Gasteiger partial charge in [-0.3, -0.25) is 0 Å². The van der Waals surface area contributed by atoms with Crippen LogP contribution in [0.25, 0.3) is 0 Å². The SMILES string of the molecule is CC(SCc1ccccc1C1(C)OCCO1)c1ccccc1. The Labute approximate surface area is 136 Å². The van der Waals surface area contributed by atoms with E-state index in [0.29, 0.717) is 18.5 Å². The Hall–Kier alpha value is -1.29. The predicted octanol–water partition coefficient (Wildman–Crippen LogP) is 4.90. The summed E-state index contributed by atoms with van der Waals surface area (Å²) in [6, 6.07) is 19.1. The van der Waals surface area contributed by atoms with Gasteiger partial charge in [0.15, 0.2) is 5.79 Å². The van der Waals surface area contributed by atoms with E-state index in [1.54, 1.807) is 0 Å². The first-order valence-electron chi connectivity index (χ1n) is 7.72. The van der Waals surface area contributed by atoms with Crippen molar-refractivity contribution in [2.75, 3.05) is 13.2 Å². The van der Waals surface area contributed by atoms with Gasteiger partial charge in [-0.15, -0.1) is 11.8 Å². The molecule has 0 amide bonds. The van der Waals surface area contributed by atoms with Gasteiger partial charge in [-0.05, 0) is 25.0 Å². The fourth-order valence-corrected chi connectivity index (χ4v) is 3.83. The van der Waals surface area contributed by atoms with Crippen LogP contribution in [-0.2, 0) is 21.0 Å². The van der Waals surface area contributed by atoms with Gasteiger partial charge in [-0.1, -0.05) is 54.6 Å². The first-order chi connectivity index (χ1) is 10.7. The molecule has 0 N–H and O–H groups in total. The molecule has 0 aromatic heterocycles. The molecule has 116 valence electrons. The van der Waals surface area contributed by atoms with Gasteiger partial charge in [-0.2, -0.15) is 0 Å². The number of benzene rings is 2. The Morgan fingerprint density at radius 2 is 1.64 bits per heavy atom. The summed E-state index contributed by atoms with van der Waals surface area (Å²) in [6.07, 6.45) is 0. The van der Waals surface area contributed by atoms with Crippen LogP contribution >= 0.6 is 11.8 Å². The molecule has 1 aliphatic rings. The molecule has 22 heavy (non-hydrogen) atoms. The molecule has 1 heterocycles. The van der Waals surface area contributed by atoms with Crippen molar-refractivity contribution >= 4 is 11.8 Å². The van der Waals surface area contributed by atoms with E-state index < -0.39 is 5.79 Å². The second-order valence-electron chi connectivity index (χ2n) is 5.66. The summed E-state index contributed by atoms with van der Waals surface area (Å²) < 4.78 is 11.7. The van der Waals surface area contributed by atoms with E-state index in [-0.39, 0.29) is 0 Å². The van der Waals surface area contributed by atoms with Crippen molar-refractivity contribution in [3.63, 3.8) is 0 Å². The van der Waals surface area contributed by atoms with Gasteiger partial charge in [0.1, 0.15) is 0 Å². The lowest BCUT2D eigenvalue weighted by molar-refractivity contribution is -0.150. The van der Waals surface area contributed by atoms with Crippen molar-refractivity contribution in [2.45, 2.75) is 30.6 Å². The largest absolute Gasteiger partial charge is 0.344 e. The Morgan fingerprint density at radius 3 is 2.36 bits per heavy atom.